The molecule has 60 valence electrons. The highest BCUT2D eigenvalue weighted by molar-refractivity contribution is 5.91. The molecule has 1 aromatic heterocycles. The van der Waals surface area contributed by atoms with E-state index in [-0.39, 0.29) is 11.1 Å². The Labute approximate surface area is 69.1 Å². The van der Waals surface area contributed by atoms with Crippen LogP contribution in [0.4, 0.5) is 0 Å². The van der Waals surface area contributed by atoms with E-state index in [2.05, 4.69) is 4.98 Å². The van der Waals surface area contributed by atoms with Gasteiger partial charge in [-0.05, 0) is 13.0 Å². The monoisotopic (exact) mass is 162 g/mol. The lowest BCUT2D eigenvalue weighted by molar-refractivity contribution is 0.0695. The number of nitriles is 1. The Balaban J connectivity index is 3.42. The second-order valence-corrected chi connectivity index (χ2v) is 2.24. The van der Waals surface area contributed by atoms with E-state index in [9.17, 15) is 4.79 Å². The van der Waals surface area contributed by atoms with Crippen LogP contribution in [0.25, 0.3) is 0 Å². The van der Waals surface area contributed by atoms with Crippen molar-refractivity contribution in [3.05, 3.63) is 29.1 Å². The fourth-order valence-corrected chi connectivity index (χ4v) is 0.930. The van der Waals surface area contributed by atoms with Crippen LogP contribution in [0.2, 0.25) is 0 Å². The van der Waals surface area contributed by atoms with Gasteiger partial charge in [-0.3, -0.25) is 4.98 Å². The van der Waals surface area contributed by atoms with E-state index in [1.807, 2.05) is 0 Å². The van der Waals surface area contributed by atoms with Gasteiger partial charge >= 0.3 is 5.97 Å². The normalized spacial score (nSPS) is 9.00. The number of hydrogen-bond donors (Lipinski definition) is 1. The number of aryl methyl sites for hydroxylation is 1. The van der Waals surface area contributed by atoms with Crippen LogP contribution in [-0.4, -0.2) is 16.1 Å². The lowest BCUT2D eigenvalue weighted by Gasteiger charge is -1.99. The second-order valence-electron chi connectivity index (χ2n) is 2.24. The van der Waals surface area contributed by atoms with Crippen LogP contribution in [0.5, 0.6) is 0 Å². The average Bonchev–Trinajstić information content (AvgIpc) is 2.03. The second kappa shape index (κ2) is 3.01. The van der Waals surface area contributed by atoms with E-state index in [1.165, 1.54) is 12.3 Å². The molecule has 1 rings (SSSR count). The molecule has 0 radical (unpaired) electrons. The topological polar surface area (TPSA) is 74.0 Å². The molecule has 0 saturated heterocycles. The van der Waals surface area contributed by atoms with Crippen LogP contribution in [0.15, 0.2) is 12.3 Å². The molecular weight excluding hydrogens is 156 g/mol. The summed E-state index contributed by atoms with van der Waals surface area (Å²) in [6.07, 6.45) is 1.42. The van der Waals surface area contributed by atoms with Gasteiger partial charge in [-0.1, -0.05) is 0 Å². The maximum Gasteiger partial charge on any atom is 0.338 e. The van der Waals surface area contributed by atoms with Crippen molar-refractivity contribution in [3.8, 4) is 6.07 Å². The van der Waals surface area contributed by atoms with Crippen LogP contribution in [0, 0.1) is 18.3 Å². The maximum absolute atomic E-state index is 10.6. The molecule has 0 amide bonds. The predicted molar refractivity (Wildman–Crippen MR) is 40.6 cm³/mol. The number of aromatic carboxylic acids is 1. The molecule has 0 fully saturated rings. The summed E-state index contributed by atoms with van der Waals surface area (Å²) in [6, 6.07) is 3.18. The number of rotatable bonds is 1. The molecule has 0 bridgehead atoms. The summed E-state index contributed by atoms with van der Waals surface area (Å²) >= 11 is 0. The quantitative estimate of drug-likeness (QED) is 0.667. The minimum atomic E-state index is -1.11. The minimum absolute atomic E-state index is 0.0139. The van der Waals surface area contributed by atoms with Gasteiger partial charge in [0.25, 0.3) is 0 Å². The summed E-state index contributed by atoms with van der Waals surface area (Å²) < 4.78 is 0. The number of pyridine rings is 1. The molecule has 0 aromatic carbocycles. The summed E-state index contributed by atoms with van der Waals surface area (Å²) in [5.41, 5.74) is 0.497. The molecule has 0 aliphatic rings. The van der Waals surface area contributed by atoms with Crippen LogP contribution >= 0.6 is 0 Å². The number of aromatic nitrogens is 1. The van der Waals surface area contributed by atoms with Crippen molar-refractivity contribution in [2.24, 2.45) is 0 Å². The van der Waals surface area contributed by atoms with Crippen molar-refractivity contribution in [3.63, 3.8) is 0 Å². The Morgan fingerprint density at radius 1 is 1.75 bits per heavy atom. The van der Waals surface area contributed by atoms with Gasteiger partial charge in [0.2, 0.25) is 0 Å². The molecular formula is C8H6N2O2. The van der Waals surface area contributed by atoms with Crippen LogP contribution in [0.1, 0.15) is 21.6 Å². The highest BCUT2D eigenvalue weighted by atomic mass is 16.4. The molecule has 1 N–H and O–H groups in total. The fourth-order valence-electron chi connectivity index (χ4n) is 0.930. The first kappa shape index (κ1) is 8.21. The third kappa shape index (κ3) is 1.25. The van der Waals surface area contributed by atoms with E-state index < -0.39 is 5.97 Å². The smallest absolute Gasteiger partial charge is 0.338 e. The van der Waals surface area contributed by atoms with Gasteiger partial charge in [0.1, 0.15) is 6.07 Å². The first-order valence-electron chi connectivity index (χ1n) is 3.26. The Kier molecular flexibility index (Phi) is 2.06. The summed E-state index contributed by atoms with van der Waals surface area (Å²) in [7, 11) is 0. The van der Waals surface area contributed by atoms with Gasteiger partial charge in [0.15, 0.2) is 0 Å². The van der Waals surface area contributed by atoms with Crippen molar-refractivity contribution in [2.75, 3.05) is 0 Å². The maximum atomic E-state index is 10.6. The lowest BCUT2D eigenvalue weighted by atomic mass is 10.1. The average molecular weight is 162 g/mol. The molecule has 0 saturated carbocycles. The summed E-state index contributed by atoms with van der Waals surface area (Å²) in [6.45, 7) is 1.56. The van der Waals surface area contributed by atoms with Crippen molar-refractivity contribution in [1.82, 2.24) is 4.98 Å². The van der Waals surface area contributed by atoms with E-state index in [0.29, 0.717) is 5.69 Å². The van der Waals surface area contributed by atoms with Crippen molar-refractivity contribution < 1.29 is 9.90 Å². The molecule has 0 unspecified atom stereocenters. The Morgan fingerprint density at radius 3 is 2.83 bits per heavy atom. The number of carboxylic acids is 1. The minimum Gasteiger partial charge on any atom is -0.478 e. The number of nitrogens with zero attached hydrogens (tertiary/aromatic N) is 2. The largest absolute Gasteiger partial charge is 0.478 e. The fraction of sp³-hybridized carbons (Fsp3) is 0.125. The van der Waals surface area contributed by atoms with E-state index in [0.717, 1.165) is 0 Å². The van der Waals surface area contributed by atoms with Gasteiger partial charge in [0, 0.05) is 6.20 Å². The molecule has 1 aromatic rings. The van der Waals surface area contributed by atoms with Crippen LogP contribution < -0.4 is 0 Å². The molecule has 0 spiro atoms. The van der Waals surface area contributed by atoms with E-state index in [1.54, 1.807) is 13.0 Å². The third-order valence-electron chi connectivity index (χ3n) is 1.47. The molecule has 0 aliphatic heterocycles. The molecule has 12 heavy (non-hydrogen) atoms. The van der Waals surface area contributed by atoms with Crippen molar-refractivity contribution in [1.29, 1.82) is 5.26 Å². The number of hydrogen-bond acceptors (Lipinski definition) is 3. The zero-order chi connectivity index (χ0) is 9.14. The highest BCUT2D eigenvalue weighted by Crippen LogP contribution is 2.09. The standard InChI is InChI=1S/C8H6N2O2/c1-5-7(8(11)12)6(4-9)2-3-10-5/h2-3H,1H3,(H,11,12). The SMILES string of the molecule is Cc1nccc(C#N)c1C(=O)O. The van der Waals surface area contributed by atoms with Gasteiger partial charge in [0.05, 0.1) is 16.8 Å². The third-order valence-corrected chi connectivity index (χ3v) is 1.47. The molecule has 0 atom stereocenters. The van der Waals surface area contributed by atoms with Gasteiger partial charge in [-0.25, -0.2) is 4.79 Å². The van der Waals surface area contributed by atoms with Gasteiger partial charge in [-0.15, -0.1) is 0 Å². The van der Waals surface area contributed by atoms with Crippen molar-refractivity contribution in [2.45, 2.75) is 6.92 Å². The Bertz CT molecular complexity index is 366. The first-order chi connectivity index (χ1) is 5.66. The lowest BCUT2D eigenvalue weighted by Crippen LogP contribution is -2.04. The number of carbonyl (C=O) groups is 1. The van der Waals surface area contributed by atoms with Gasteiger partial charge in [-0.2, -0.15) is 5.26 Å². The molecule has 1 heterocycles. The first-order valence-corrected chi connectivity index (χ1v) is 3.26. The summed E-state index contributed by atoms with van der Waals surface area (Å²) in [5, 5.41) is 17.2. The summed E-state index contributed by atoms with van der Waals surface area (Å²) in [4.78, 5) is 14.4. The van der Waals surface area contributed by atoms with Crippen molar-refractivity contribution >= 4 is 5.97 Å². The van der Waals surface area contributed by atoms with Crippen LogP contribution in [0.3, 0.4) is 0 Å². The Hall–Kier alpha value is -1.89. The van der Waals surface area contributed by atoms with E-state index >= 15 is 0 Å². The van der Waals surface area contributed by atoms with Crippen LogP contribution in [-0.2, 0) is 0 Å². The zero-order valence-electron chi connectivity index (χ0n) is 6.40. The molecule has 4 nitrogen and oxygen atoms in total. The van der Waals surface area contributed by atoms with E-state index in [4.69, 9.17) is 10.4 Å². The predicted octanol–water partition coefficient (Wildman–Crippen LogP) is 0.960. The van der Waals surface area contributed by atoms with Gasteiger partial charge < -0.3 is 5.11 Å². The molecule has 4 heteroatoms. The summed E-state index contributed by atoms with van der Waals surface area (Å²) in [5.74, 6) is -1.11. The highest BCUT2D eigenvalue weighted by Gasteiger charge is 2.12. The Morgan fingerprint density at radius 2 is 2.42 bits per heavy atom. The number of carboxylic acid groups (broad SMARTS) is 1. The zero-order valence-corrected chi connectivity index (χ0v) is 6.40. The molecule has 0 aliphatic carbocycles.